The van der Waals surface area contributed by atoms with Gasteiger partial charge in [0.1, 0.15) is 0 Å². The molecule has 0 saturated carbocycles. The van der Waals surface area contributed by atoms with E-state index in [9.17, 15) is 13.2 Å². The van der Waals surface area contributed by atoms with Gasteiger partial charge in [0.05, 0.1) is 21.7 Å². The van der Waals surface area contributed by atoms with E-state index >= 15 is 0 Å². The molecule has 7 nitrogen and oxygen atoms in total. The van der Waals surface area contributed by atoms with E-state index in [0.717, 1.165) is 18.4 Å². The van der Waals surface area contributed by atoms with Crippen molar-refractivity contribution in [1.29, 1.82) is 0 Å². The molecular weight excluding hydrogens is 388 g/mol. The van der Waals surface area contributed by atoms with E-state index in [-0.39, 0.29) is 21.4 Å². The topological polar surface area (TPSA) is 84.3 Å². The fraction of sp³-hybridized carbons (Fsp3) is 0.444. The summed E-state index contributed by atoms with van der Waals surface area (Å²) < 4.78 is 28.4. The molecule has 2 rings (SSSR count). The maximum atomic E-state index is 12.6. The number of nitrogens with zero attached hydrogens (tertiary/aromatic N) is 3. The molecule has 0 atom stereocenters. The lowest BCUT2D eigenvalue weighted by Gasteiger charge is -2.19. The Morgan fingerprint density at radius 1 is 1.30 bits per heavy atom. The number of sulfonamides is 1. The molecule has 9 heteroatoms. The quantitative estimate of drug-likeness (QED) is 0.641. The van der Waals surface area contributed by atoms with Crippen LogP contribution in [0.25, 0.3) is 0 Å². The number of rotatable bonds is 9. The largest absolute Gasteiger partial charge is 0.352 e. The Morgan fingerprint density at radius 2 is 2.00 bits per heavy atom. The van der Waals surface area contributed by atoms with E-state index < -0.39 is 10.0 Å². The molecule has 0 radical (unpaired) electrons. The van der Waals surface area contributed by atoms with E-state index in [0.29, 0.717) is 19.6 Å². The Balaban J connectivity index is 2.05. The van der Waals surface area contributed by atoms with Crippen molar-refractivity contribution in [3.63, 3.8) is 0 Å². The van der Waals surface area contributed by atoms with E-state index in [1.165, 1.54) is 22.5 Å². The van der Waals surface area contributed by atoms with Crippen LogP contribution in [0.4, 0.5) is 0 Å². The zero-order valence-corrected chi connectivity index (χ0v) is 17.3. The average molecular weight is 413 g/mol. The Labute approximate surface area is 165 Å². The molecule has 1 aromatic heterocycles. The van der Waals surface area contributed by atoms with Crippen LogP contribution in [-0.2, 0) is 23.5 Å². The van der Waals surface area contributed by atoms with Crippen LogP contribution < -0.4 is 5.32 Å². The minimum absolute atomic E-state index is 0.0658. The first-order valence-electron chi connectivity index (χ1n) is 8.85. The van der Waals surface area contributed by atoms with Crippen molar-refractivity contribution < 1.29 is 13.2 Å². The Morgan fingerprint density at radius 3 is 2.59 bits per heavy atom. The molecule has 0 aliphatic carbocycles. The Kier molecular flexibility index (Phi) is 7.41. The number of nitrogens with one attached hydrogen (secondary N) is 1. The summed E-state index contributed by atoms with van der Waals surface area (Å²) in [5, 5.41) is 7.12. The Bertz CT molecular complexity index is 892. The predicted octanol–water partition coefficient (Wildman–Crippen LogP) is 2.47. The number of aryl methyl sites for hydroxylation is 2. The number of carbonyl (C=O) groups excluding carboxylic acids is 1. The number of carbonyl (C=O) groups is 1. The first-order valence-corrected chi connectivity index (χ1v) is 10.7. The predicted molar refractivity (Wildman–Crippen MR) is 105 cm³/mol. The van der Waals surface area contributed by atoms with Gasteiger partial charge in [-0.15, -0.1) is 0 Å². The molecule has 1 amide bonds. The fourth-order valence-corrected chi connectivity index (χ4v) is 4.43. The second-order valence-electron chi connectivity index (χ2n) is 6.11. The Hall–Kier alpha value is -1.90. The normalized spacial score (nSPS) is 11.7. The van der Waals surface area contributed by atoms with Crippen molar-refractivity contribution in [3.8, 4) is 0 Å². The van der Waals surface area contributed by atoms with Gasteiger partial charge in [0.2, 0.25) is 10.0 Å². The molecule has 1 N–H and O–H groups in total. The van der Waals surface area contributed by atoms with Crippen LogP contribution in [0.15, 0.2) is 35.5 Å². The van der Waals surface area contributed by atoms with Crippen LogP contribution in [-0.4, -0.2) is 48.0 Å². The second-order valence-corrected chi connectivity index (χ2v) is 8.46. The van der Waals surface area contributed by atoms with Crippen LogP contribution >= 0.6 is 11.6 Å². The van der Waals surface area contributed by atoms with Gasteiger partial charge in [0.15, 0.2) is 0 Å². The van der Waals surface area contributed by atoms with Crippen molar-refractivity contribution in [2.24, 2.45) is 7.05 Å². The highest BCUT2D eigenvalue weighted by molar-refractivity contribution is 7.89. The van der Waals surface area contributed by atoms with Gasteiger partial charge in [-0.25, -0.2) is 8.42 Å². The van der Waals surface area contributed by atoms with Crippen molar-refractivity contribution >= 4 is 27.5 Å². The molecule has 0 saturated heterocycles. The van der Waals surface area contributed by atoms with Crippen LogP contribution in [0.2, 0.25) is 5.02 Å². The zero-order valence-electron chi connectivity index (χ0n) is 15.8. The van der Waals surface area contributed by atoms with Crippen molar-refractivity contribution in [3.05, 3.63) is 46.7 Å². The molecule has 0 unspecified atom stereocenters. The zero-order chi connectivity index (χ0) is 20.0. The first-order chi connectivity index (χ1) is 12.8. The number of benzene rings is 1. The van der Waals surface area contributed by atoms with Gasteiger partial charge in [0.25, 0.3) is 5.91 Å². The summed E-state index contributed by atoms with van der Waals surface area (Å²) >= 11 is 6.12. The van der Waals surface area contributed by atoms with E-state index in [1.54, 1.807) is 24.7 Å². The highest BCUT2D eigenvalue weighted by Crippen LogP contribution is 2.23. The van der Waals surface area contributed by atoms with Gasteiger partial charge in [-0.3, -0.25) is 9.48 Å². The van der Waals surface area contributed by atoms with Crippen LogP contribution in [0.5, 0.6) is 0 Å². The summed E-state index contributed by atoms with van der Waals surface area (Å²) in [7, 11) is -1.79. The second kappa shape index (κ2) is 9.34. The van der Waals surface area contributed by atoms with Gasteiger partial charge in [-0.2, -0.15) is 9.40 Å². The van der Waals surface area contributed by atoms with Gasteiger partial charge in [-0.05, 0) is 36.6 Å². The van der Waals surface area contributed by atoms with Crippen LogP contribution in [0.3, 0.4) is 0 Å². The monoisotopic (exact) mass is 412 g/mol. The summed E-state index contributed by atoms with van der Waals surface area (Å²) in [5.74, 6) is -0.386. The maximum absolute atomic E-state index is 12.6. The molecule has 1 aromatic carbocycles. The van der Waals surface area contributed by atoms with E-state index in [2.05, 4.69) is 10.4 Å². The summed E-state index contributed by atoms with van der Waals surface area (Å²) in [6, 6.07) is 4.21. The van der Waals surface area contributed by atoms with Crippen molar-refractivity contribution in [2.45, 2.75) is 31.6 Å². The lowest BCUT2D eigenvalue weighted by atomic mass is 10.2. The van der Waals surface area contributed by atoms with Crippen LogP contribution in [0.1, 0.15) is 36.2 Å². The van der Waals surface area contributed by atoms with Crippen LogP contribution in [0, 0.1) is 0 Å². The molecule has 0 bridgehead atoms. The SMILES string of the molecule is CCN(CC)S(=O)(=O)c1ccc(Cl)c(C(=O)NCCCc2cnn(C)c2)c1. The molecular formula is C18H25ClN4O3S. The lowest BCUT2D eigenvalue weighted by molar-refractivity contribution is 0.0953. The van der Waals surface area contributed by atoms with Gasteiger partial charge >= 0.3 is 0 Å². The van der Waals surface area contributed by atoms with E-state index in [4.69, 9.17) is 11.6 Å². The summed E-state index contributed by atoms with van der Waals surface area (Å²) in [6.45, 7) is 4.71. The molecule has 0 spiro atoms. The minimum atomic E-state index is -3.65. The van der Waals surface area contributed by atoms with Gasteiger partial charge in [0, 0.05) is 32.9 Å². The van der Waals surface area contributed by atoms with Gasteiger partial charge in [-0.1, -0.05) is 25.4 Å². The fourth-order valence-electron chi connectivity index (χ4n) is 2.74. The molecule has 0 fully saturated rings. The number of hydrogen-bond donors (Lipinski definition) is 1. The summed E-state index contributed by atoms with van der Waals surface area (Å²) in [4.78, 5) is 12.5. The van der Waals surface area contributed by atoms with Crippen molar-refractivity contribution in [2.75, 3.05) is 19.6 Å². The number of aromatic nitrogens is 2. The molecule has 0 aliphatic rings. The maximum Gasteiger partial charge on any atom is 0.252 e. The highest BCUT2D eigenvalue weighted by atomic mass is 35.5. The third kappa shape index (κ3) is 5.31. The third-order valence-corrected chi connectivity index (χ3v) is 6.59. The molecule has 27 heavy (non-hydrogen) atoms. The standard InChI is InChI=1S/C18H25ClN4O3S/c1-4-23(5-2)27(25,26)15-8-9-17(19)16(11-15)18(24)20-10-6-7-14-12-21-22(3)13-14/h8-9,11-13H,4-7,10H2,1-3H3,(H,20,24). The summed E-state index contributed by atoms with van der Waals surface area (Å²) in [5.41, 5.74) is 1.25. The van der Waals surface area contributed by atoms with Crippen molar-refractivity contribution in [1.82, 2.24) is 19.4 Å². The van der Waals surface area contributed by atoms with E-state index in [1.807, 2.05) is 13.2 Å². The third-order valence-electron chi connectivity index (χ3n) is 4.21. The number of amides is 1. The number of halogens is 1. The number of hydrogen-bond acceptors (Lipinski definition) is 4. The summed E-state index contributed by atoms with van der Waals surface area (Å²) in [6.07, 6.45) is 5.26. The highest BCUT2D eigenvalue weighted by Gasteiger charge is 2.23. The lowest BCUT2D eigenvalue weighted by Crippen LogP contribution is -2.31. The molecule has 148 valence electrons. The minimum Gasteiger partial charge on any atom is -0.352 e. The molecule has 0 aliphatic heterocycles. The average Bonchev–Trinajstić information content (AvgIpc) is 3.04. The first kappa shape index (κ1) is 21.4. The molecule has 1 heterocycles. The molecule has 2 aromatic rings. The smallest absolute Gasteiger partial charge is 0.252 e. The van der Waals surface area contributed by atoms with Gasteiger partial charge < -0.3 is 5.32 Å².